The van der Waals surface area contributed by atoms with Crippen LogP contribution in [-0.4, -0.2) is 51.8 Å². The molecule has 1 aliphatic heterocycles. The lowest BCUT2D eigenvalue weighted by molar-refractivity contribution is -0.132. The Morgan fingerprint density at radius 2 is 2.28 bits per heavy atom. The zero-order valence-electron chi connectivity index (χ0n) is 11.1. The van der Waals surface area contributed by atoms with Crippen LogP contribution in [0.15, 0.2) is 6.33 Å². The molecule has 1 N–H and O–H groups in total. The smallest absolute Gasteiger partial charge is 0.223 e. The van der Waals surface area contributed by atoms with E-state index >= 15 is 0 Å². The number of aromatic nitrogens is 3. The molecule has 1 aliphatic rings. The maximum atomic E-state index is 12.1. The van der Waals surface area contributed by atoms with Gasteiger partial charge in [-0.25, -0.2) is 0 Å². The van der Waals surface area contributed by atoms with Gasteiger partial charge in [0.25, 0.3) is 0 Å². The second kappa shape index (κ2) is 5.95. The van der Waals surface area contributed by atoms with Gasteiger partial charge in [0.1, 0.15) is 12.2 Å². The lowest BCUT2D eigenvalue weighted by Gasteiger charge is -2.31. The maximum absolute atomic E-state index is 12.1. The molecule has 0 aromatic carbocycles. The number of hydrogen-bond donors (Lipinski definition) is 1. The molecule has 0 aliphatic carbocycles. The number of nitrogens with one attached hydrogen (secondary N) is 1. The predicted molar refractivity (Wildman–Crippen MR) is 68.0 cm³/mol. The maximum Gasteiger partial charge on any atom is 0.223 e. The summed E-state index contributed by atoms with van der Waals surface area (Å²) in [5.41, 5.74) is 0. The first-order valence-corrected chi connectivity index (χ1v) is 6.47. The van der Waals surface area contributed by atoms with E-state index in [0.29, 0.717) is 18.9 Å². The first-order chi connectivity index (χ1) is 8.68. The summed E-state index contributed by atoms with van der Waals surface area (Å²) in [6.45, 7) is 2.01. The fourth-order valence-electron chi connectivity index (χ4n) is 2.33. The minimum atomic E-state index is 0.199. The van der Waals surface area contributed by atoms with E-state index in [4.69, 9.17) is 0 Å². The second-order valence-corrected chi connectivity index (χ2v) is 4.84. The van der Waals surface area contributed by atoms with E-state index in [1.807, 2.05) is 23.6 Å². The standard InChI is InChI=1S/C12H21N5O/c1-16-9-14-15-11(16)3-4-12(18)17(2)10-5-7-13-8-6-10/h9-10,13H,3-8H2,1-2H3. The van der Waals surface area contributed by atoms with E-state index in [9.17, 15) is 4.79 Å². The number of nitrogens with zero attached hydrogens (tertiary/aromatic N) is 4. The fourth-order valence-corrected chi connectivity index (χ4v) is 2.33. The Bertz CT molecular complexity index is 397. The molecular weight excluding hydrogens is 230 g/mol. The van der Waals surface area contributed by atoms with Crippen molar-refractivity contribution in [2.45, 2.75) is 31.7 Å². The van der Waals surface area contributed by atoms with Crippen LogP contribution >= 0.6 is 0 Å². The topological polar surface area (TPSA) is 63.1 Å². The normalized spacial score (nSPS) is 16.8. The van der Waals surface area contributed by atoms with E-state index in [2.05, 4.69) is 15.5 Å². The minimum Gasteiger partial charge on any atom is -0.343 e. The average Bonchev–Trinajstić information content (AvgIpc) is 2.81. The highest BCUT2D eigenvalue weighted by Crippen LogP contribution is 2.11. The van der Waals surface area contributed by atoms with E-state index in [0.717, 1.165) is 31.8 Å². The third kappa shape index (κ3) is 3.07. The third-order valence-electron chi connectivity index (χ3n) is 3.62. The predicted octanol–water partition coefficient (Wildman–Crippen LogP) is -0.0419. The van der Waals surface area contributed by atoms with Crippen LogP contribution in [0.2, 0.25) is 0 Å². The number of aryl methyl sites for hydroxylation is 2. The molecule has 0 bridgehead atoms. The molecule has 18 heavy (non-hydrogen) atoms. The monoisotopic (exact) mass is 251 g/mol. The highest BCUT2D eigenvalue weighted by molar-refractivity contribution is 5.76. The highest BCUT2D eigenvalue weighted by atomic mass is 16.2. The van der Waals surface area contributed by atoms with Crippen molar-refractivity contribution < 1.29 is 4.79 Å². The van der Waals surface area contributed by atoms with Crippen molar-refractivity contribution in [1.82, 2.24) is 25.0 Å². The number of hydrogen-bond acceptors (Lipinski definition) is 4. The van der Waals surface area contributed by atoms with Crippen LogP contribution in [0.5, 0.6) is 0 Å². The van der Waals surface area contributed by atoms with Crippen LogP contribution in [0, 0.1) is 0 Å². The van der Waals surface area contributed by atoms with Gasteiger partial charge in [0.05, 0.1) is 0 Å². The number of carbonyl (C=O) groups excluding carboxylic acids is 1. The number of carbonyl (C=O) groups is 1. The fraction of sp³-hybridized carbons (Fsp3) is 0.750. The van der Waals surface area contributed by atoms with Crippen molar-refractivity contribution in [3.05, 3.63) is 12.2 Å². The Labute approximate surface area is 107 Å². The SMILES string of the molecule is CN(C(=O)CCc1nncn1C)C1CCNCC1. The Kier molecular flexibility index (Phi) is 4.30. The van der Waals surface area contributed by atoms with Gasteiger partial charge in [0.2, 0.25) is 5.91 Å². The molecule has 2 rings (SSSR count). The first-order valence-electron chi connectivity index (χ1n) is 6.47. The molecule has 6 nitrogen and oxygen atoms in total. The van der Waals surface area contributed by atoms with Gasteiger partial charge in [-0.2, -0.15) is 0 Å². The Morgan fingerprint density at radius 1 is 1.56 bits per heavy atom. The summed E-state index contributed by atoms with van der Waals surface area (Å²) < 4.78 is 1.86. The molecule has 1 saturated heterocycles. The zero-order valence-corrected chi connectivity index (χ0v) is 11.1. The molecule has 1 aromatic rings. The van der Waals surface area contributed by atoms with Crippen molar-refractivity contribution in [1.29, 1.82) is 0 Å². The van der Waals surface area contributed by atoms with Gasteiger partial charge in [-0.3, -0.25) is 4.79 Å². The van der Waals surface area contributed by atoms with Gasteiger partial charge >= 0.3 is 0 Å². The summed E-state index contributed by atoms with van der Waals surface area (Å²) in [6.07, 6.45) is 4.92. The average molecular weight is 251 g/mol. The van der Waals surface area contributed by atoms with Gasteiger partial charge in [-0.15, -0.1) is 10.2 Å². The van der Waals surface area contributed by atoms with Crippen LogP contribution in [0.1, 0.15) is 25.1 Å². The minimum absolute atomic E-state index is 0.199. The highest BCUT2D eigenvalue weighted by Gasteiger charge is 2.21. The van der Waals surface area contributed by atoms with E-state index < -0.39 is 0 Å². The van der Waals surface area contributed by atoms with Gasteiger partial charge < -0.3 is 14.8 Å². The van der Waals surface area contributed by atoms with Gasteiger partial charge in [-0.1, -0.05) is 0 Å². The lowest BCUT2D eigenvalue weighted by Crippen LogP contribution is -2.44. The van der Waals surface area contributed by atoms with Gasteiger partial charge in [-0.05, 0) is 25.9 Å². The Morgan fingerprint density at radius 3 is 2.89 bits per heavy atom. The summed E-state index contributed by atoms with van der Waals surface area (Å²) in [5, 5.41) is 11.1. The second-order valence-electron chi connectivity index (χ2n) is 4.84. The molecule has 0 unspecified atom stereocenters. The molecule has 0 atom stereocenters. The van der Waals surface area contributed by atoms with Gasteiger partial charge in [0, 0.05) is 33.0 Å². The van der Waals surface area contributed by atoms with Crippen molar-refractivity contribution in [2.24, 2.45) is 7.05 Å². The third-order valence-corrected chi connectivity index (χ3v) is 3.62. The van der Waals surface area contributed by atoms with Gasteiger partial charge in [0.15, 0.2) is 0 Å². The molecule has 6 heteroatoms. The van der Waals surface area contributed by atoms with Crippen molar-refractivity contribution >= 4 is 5.91 Å². The molecule has 100 valence electrons. The molecule has 1 fully saturated rings. The summed E-state index contributed by atoms with van der Waals surface area (Å²) in [4.78, 5) is 14.0. The van der Waals surface area contributed by atoms with E-state index in [-0.39, 0.29) is 5.91 Å². The van der Waals surface area contributed by atoms with E-state index in [1.54, 1.807) is 6.33 Å². The lowest BCUT2D eigenvalue weighted by atomic mass is 10.0. The molecule has 2 heterocycles. The van der Waals surface area contributed by atoms with Crippen molar-refractivity contribution in [2.75, 3.05) is 20.1 Å². The van der Waals surface area contributed by atoms with Crippen LogP contribution in [0.25, 0.3) is 0 Å². The van der Waals surface area contributed by atoms with Crippen molar-refractivity contribution in [3.8, 4) is 0 Å². The van der Waals surface area contributed by atoms with Crippen LogP contribution in [0.3, 0.4) is 0 Å². The van der Waals surface area contributed by atoms with Crippen LogP contribution in [0.4, 0.5) is 0 Å². The molecule has 0 spiro atoms. The molecule has 0 saturated carbocycles. The number of amides is 1. The van der Waals surface area contributed by atoms with Crippen LogP contribution in [-0.2, 0) is 18.3 Å². The Balaban J connectivity index is 1.82. The summed E-state index contributed by atoms with van der Waals surface area (Å²) in [7, 11) is 3.81. The molecular formula is C12H21N5O. The first kappa shape index (κ1) is 13.0. The van der Waals surface area contributed by atoms with Crippen LogP contribution < -0.4 is 5.32 Å². The largest absolute Gasteiger partial charge is 0.343 e. The summed E-state index contributed by atoms with van der Waals surface area (Å²) in [5.74, 6) is 1.06. The number of piperidine rings is 1. The number of rotatable bonds is 4. The van der Waals surface area contributed by atoms with Crippen molar-refractivity contribution in [3.63, 3.8) is 0 Å². The van der Waals surface area contributed by atoms with E-state index in [1.165, 1.54) is 0 Å². The zero-order chi connectivity index (χ0) is 13.0. The molecule has 1 amide bonds. The summed E-state index contributed by atoms with van der Waals surface area (Å²) in [6, 6.07) is 0.387. The molecule has 0 radical (unpaired) electrons. The summed E-state index contributed by atoms with van der Waals surface area (Å²) >= 11 is 0. The molecule has 1 aromatic heterocycles. The quantitative estimate of drug-likeness (QED) is 0.815. The Hall–Kier alpha value is -1.43.